The molecule has 0 radical (unpaired) electrons. The van der Waals surface area contributed by atoms with Crippen molar-refractivity contribution in [3.8, 4) is 0 Å². The Morgan fingerprint density at radius 2 is 1.88 bits per heavy atom. The molecule has 2 N–H and O–H groups in total. The van der Waals surface area contributed by atoms with Crippen LogP contribution in [0, 0.1) is 0 Å². The first-order valence-electron chi connectivity index (χ1n) is 9.82. The highest BCUT2D eigenvalue weighted by molar-refractivity contribution is 5.75. The summed E-state index contributed by atoms with van der Waals surface area (Å²) in [7, 11) is 0. The van der Waals surface area contributed by atoms with Gasteiger partial charge in [-0.25, -0.2) is 4.79 Å². The summed E-state index contributed by atoms with van der Waals surface area (Å²) in [6.45, 7) is 7.04. The lowest BCUT2D eigenvalue weighted by molar-refractivity contribution is -0.139. The number of carbonyl (C=O) groups excluding carboxylic acids is 1. The van der Waals surface area contributed by atoms with Crippen molar-refractivity contribution >= 4 is 12.0 Å². The fourth-order valence-corrected chi connectivity index (χ4v) is 4.49. The molecule has 0 aromatic carbocycles. The lowest BCUT2D eigenvalue weighted by Crippen LogP contribution is -2.57. The van der Waals surface area contributed by atoms with Crippen molar-refractivity contribution in [2.75, 3.05) is 39.3 Å². The molecule has 1 unspecified atom stereocenters. The molecule has 1 aliphatic carbocycles. The number of hydrogen-bond donors (Lipinski definition) is 2. The first-order chi connectivity index (χ1) is 12.1. The number of nitrogens with zero attached hydrogens (tertiary/aromatic N) is 3. The molecule has 3 fully saturated rings. The summed E-state index contributed by atoms with van der Waals surface area (Å²) < 4.78 is 0. The van der Waals surface area contributed by atoms with Crippen LogP contribution in [-0.4, -0.2) is 89.2 Å². The first kappa shape index (κ1) is 18.5. The maximum atomic E-state index is 12.6. The fraction of sp³-hybridized carbons (Fsp3) is 0.889. The minimum atomic E-state index is -0.781. The Morgan fingerprint density at radius 1 is 1.16 bits per heavy atom. The molecular formula is C18H32N4O3. The lowest BCUT2D eigenvalue weighted by Gasteiger charge is -2.43. The second-order valence-electron chi connectivity index (χ2n) is 7.73. The van der Waals surface area contributed by atoms with E-state index >= 15 is 0 Å². The number of carboxylic acids is 1. The van der Waals surface area contributed by atoms with E-state index in [-0.39, 0.29) is 24.7 Å². The Balaban J connectivity index is 1.42. The van der Waals surface area contributed by atoms with Gasteiger partial charge in [-0.1, -0.05) is 6.92 Å². The minimum absolute atomic E-state index is 0.0754. The second kappa shape index (κ2) is 8.36. The number of likely N-dealkylation sites (tertiary alicyclic amines) is 2. The average Bonchev–Trinajstić information content (AvgIpc) is 3.20. The van der Waals surface area contributed by atoms with E-state index in [1.807, 2.05) is 16.7 Å². The molecule has 2 amide bonds. The molecule has 25 heavy (non-hydrogen) atoms. The van der Waals surface area contributed by atoms with E-state index in [1.54, 1.807) is 0 Å². The number of urea groups is 1. The van der Waals surface area contributed by atoms with Gasteiger partial charge in [0.25, 0.3) is 0 Å². The fourth-order valence-electron chi connectivity index (χ4n) is 4.49. The Labute approximate surface area is 150 Å². The van der Waals surface area contributed by atoms with Gasteiger partial charge in [0.2, 0.25) is 0 Å². The molecule has 0 aromatic rings. The molecule has 7 heteroatoms. The van der Waals surface area contributed by atoms with Gasteiger partial charge >= 0.3 is 12.0 Å². The molecule has 2 heterocycles. The number of likely N-dealkylation sites (N-methyl/N-ethyl adjacent to an activating group) is 1. The zero-order valence-electron chi connectivity index (χ0n) is 15.3. The van der Waals surface area contributed by atoms with E-state index in [9.17, 15) is 9.59 Å². The summed E-state index contributed by atoms with van der Waals surface area (Å²) in [4.78, 5) is 30.0. The minimum Gasteiger partial charge on any atom is -0.480 e. The molecule has 2 saturated heterocycles. The molecule has 3 aliphatic rings. The van der Waals surface area contributed by atoms with E-state index in [0.29, 0.717) is 6.04 Å². The van der Waals surface area contributed by atoms with Crippen LogP contribution in [0.15, 0.2) is 0 Å². The predicted molar refractivity (Wildman–Crippen MR) is 95.6 cm³/mol. The third kappa shape index (κ3) is 4.64. The van der Waals surface area contributed by atoms with E-state index in [2.05, 4.69) is 10.2 Å². The Kier molecular flexibility index (Phi) is 6.17. The normalized spacial score (nSPS) is 29.8. The van der Waals surface area contributed by atoms with Gasteiger partial charge in [0.05, 0.1) is 6.54 Å². The van der Waals surface area contributed by atoms with Gasteiger partial charge in [-0.15, -0.1) is 0 Å². The van der Waals surface area contributed by atoms with Gasteiger partial charge < -0.3 is 20.2 Å². The van der Waals surface area contributed by atoms with Crippen molar-refractivity contribution in [3.63, 3.8) is 0 Å². The highest BCUT2D eigenvalue weighted by Crippen LogP contribution is 2.27. The summed E-state index contributed by atoms with van der Waals surface area (Å²) >= 11 is 0. The zero-order chi connectivity index (χ0) is 17.8. The summed E-state index contributed by atoms with van der Waals surface area (Å²) in [5.74, 6) is -0.781. The maximum absolute atomic E-state index is 12.6. The van der Waals surface area contributed by atoms with Crippen molar-refractivity contribution in [1.29, 1.82) is 0 Å². The second-order valence-corrected chi connectivity index (χ2v) is 7.73. The molecular weight excluding hydrogens is 320 g/mol. The van der Waals surface area contributed by atoms with Crippen LogP contribution in [0.1, 0.15) is 45.4 Å². The summed E-state index contributed by atoms with van der Waals surface area (Å²) in [5.41, 5.74) is 0. The van der Waals surface area contributed by atoms with Gasteiger partial charge in [-0.05, 0) is 58.2 Å². The molecule has 142 valence electrons. The quantitative estimate of drug-likeness (QED) is 0.720. The van der Waals surface area contributed by atoms with E-state index in [1.165, 1.54) is 25.9 Å². The summed E-state index contributed by atoms with van der Waals surface area (Å²) in [6.07, 6.45) is 6.50. The van der Waals surface area contributed by atoms with Crippen LogP contribution >= 0.6 is 0 Å². The van der Waals surface area contributed by atoms with E-state index in [4.69, 9.17) is 5.11 Å². The number of carbonyl (C=O) groups is 2. The molecule has 0 spiro atoms. The van der Waals surface area contributed by atoms with Crippen LogP contribution in [0.5, 0.6) is 0 Å². The number of aliphatic carboxylic acids is 1. The Morgan fingerprint density at radius 3 is 2.52 bits per heavy atom. The average molecular weight is 352 g/mol. The van der Waals surface area contributed by atoms with E-state index < -0.39 is 5.97 Å². The topological polar surface area (TPSA) is 76.1 Å². The van der Waals surface area contributed by atoms with Crippen LogP contribution in [0.4, 0.5) is 4.79 Å². The third-order valence-electron chi connectivity index (χ3n) is 6.01. The van der Waals surface area contributed by atoms with Gasteiger partial charge in [-0.3, -0.25) is 9.69 Å². The van der Waals surface area contributed by atoms with Crippen LogP contribution in [0.25, 0.3) is 0 Å². The number of hydrogen-bond acceptors (Lipinski definition) is 4. The molecule has 0 aromatic heterocycles. The Bertz CT molecular complexity index is 475. The first-order valence-corrected chi connectivity index (χ1v) is 9.82. The molecule has 3 rings (SSSR count). The highest BCUT2D eigenvalue weighted by Gasteiger charge is 2.37. The molecule has 1 atom stereocenters. The monoisotopic (exact) mass is 352 g/mol. The molecule has 2 aliphatic heterocycles. The number of amides is 2. The number of rotatable bonds is 7. The summed E-state index contributed by atoms with van der Waals surface area (Å²) in [5, 5.41) is 12.1. The summed E-state index contributed by atoms with van der Waals surface area (Å²) in [6, 6.07) is 0.901. The van der Waals surface area contributed by atoms with Crippen molar-refractivity contribution in [3.05, 3.63) is 0 Å². The molecule has 0 bridgehead atoms. The smallest absolute Gasteiger partial charge is 0.317 e. The lowest BCUT2D eigenvalue weighted by atomic mass is 9.85. The molecule has 1 saturated carbocycles. The van der Waals surface area contributed by atoms with Gasteiger partial charge in [0.1, 0.15) is 0 Å². The van der Waals surface area contributed by atoms with E-state index in [0.717, 1.165) is 45.3 Å². The SMILES string of the molecule is CCN(CC(=O)O)C1CC(NC(=O)N2CCCC2CN2CCCC2)C1. The Hall–Kier alpha value is -1.34. The number of carboxylic acid groups (broad SMARTS) is 1. The zero-order valence-corrected chi connectivity index (χ0v) is 15.3. The number of nitrogens with one attached hydrogen (secondary N) is 1. The van der Waals surface area contributed by atoms with Crippen LogP contribution in [0.3, 0.4) is 0 Å². The van der Waals surface area contributed by atoms with Crippen molar-refractivity contribution in [2.45, 2.75) is 63.6 Å². The maximum Gasteiger partial charge on any atom is 0.317 e. The van der Waals surface area contributed by atoms with Gasteiger partial charge in [-0.2, -0.15) is 0 Å². The van der Waals surface area contributed by atoms with Crippen molar-refractivity contribution in [1.82, 2.24) is 20.0 Å². The predicted octanol–water partition coefficient (Wildman–Crippen LogP) is 1.19. The largest absolute Gasteiger partial charge is 0.480 e. The standard InChI is InChI=1S/C18H32N4O3/c1-2-21(13-17(23)24)16-10-14(11-16)19-18(25)22-9-5-6-15(22)12-20-7-3-4-8-20/h14-16H,2-13H2,1H3,(H,19,25)(H,23,24). The van der Waals surface area contributed by atoms with Crippen LogP contribution in [-0.2, 0) is 4.79 Å². The third-order valence-corrected chi connectivity index (χ3v) is 6.01. The van der Waals surface area contributed by atoms with Crippen molar-refractivity contribution in [2.24, 2.45) is 0 Å². The van der Waals surface area contributed by atoms with Crippen LogP contribution in [0.2, 0.25) is 0 Å². The van der Waals surface area contributed by atoms with Crippen LogP contribution < -0.4 is 5.32 Å². The van der Waals surface area contributed by atoms with Gasteiger partial charge in [0, 0.05) is 31.2 Å². The molecule has 7 nitrogen and oxygen atoms in total. The highest BCUT2D eigenvalue weighted by atomic mass is 16.4. The van der Waals surface area contributed by atoms with Crippen molar-refractivity contribution < 1.29 is 14.7 Å². The van der Waals surface area contributed by atoms with Gasteiger partial charge in [0.15, 0.2) is 0 Å².